The van der Waals surface area contributed by atoms with Crippen LogP contribution in [0.3, 0.4) is 0 Å². The Hall–Kier alpha value is -1.78. The number of aliphatic carboxylic acids is 1. The van der Waals surface area contributed by atoms with Crippen LogP contribution in [-0.2, 0) is 4.79 Å². The van der Waals surface area contributed by atoms with Crippen molar-refractivity contribution in [1.82, 2.24) is 0 Å². The van der Waals surface area contributed by atoms with Gasteiger partial charge < -0.3 is 5.11 Å². The topological polar surface area (TPSA) is 54.4 Å². The van der Waals surface area contributed by atoms with Crippen LogP contribution < -0.4 is 0 Å². The maximum atomic E-state index is 13.0. The molecule has 0 fully saturated rings. The van der Waals surface area contributed by atoms with Crippen molar-refractivity contribution in [2.75, 3.05) is 0 Å². The van der Waals surface area contributed by atoms with Crippen LogP contribution >= 0.6 is 0 Å². The molecule has 0 radical (unpaired) electrons. The largest absolute Gasteiger partial charge is 0.481 e. The van der Waals surface area contributed by atoms with E-state index in [1.807, 2.05) is 0 Å². The van der Waals surface area contributed by atoms with E-state index in [0.29, 0.717) is 0 Å². The number of benzene rings is 1. The lowest BCUT2D eigenvalue weighted by Crippen LogP contribution is -2.23. The second kappa shape index (κ2) is 5.71. The lowest BCUT2D eigenvalue weighted by Gasteiger charge is -2.15. The van der Waals surface area contributed by atoms with Crippen molar-refractivity contribution in [2.45, 2.75) is 20.3 Å². The summed E-state index contributed by atoms with van der Waals surface area (Å²) in [7, 11) is 0. The monoisotopic (exact) mass is 256 g/mol. The van der Waals surface area contributed by atoms with E-state index in [2.05, 4.69) is 0 Å². The predicted octanol–water partition coefficient (Wildman–Crippen LogP) is 2.89. The minimum Gasteiger partial charge on any atom is -0.481 e. The van der Waals surface area contributed by atoms with E-state index in [0.717, 1.165) is 18.2 Å². The number of carbonyl (C=O) groups excluding carboxylic acids is 1. The first-order chi connectivity index (χ1) is 8.32. The Morgan fingerprint density at radius 3 is 2.28 bits per heavy atom. The lowest BCUT2D eigenvalue weighted by molar-refractivity contribution is -0.143. The zero-order valence-corrected chi connectivity index (χ0v) is 10.1. The molecule has 0 bridgehead atoms. The molecular weight excluding hydrogens is 242 g/mol. The molecule has 3 nitrogen and oxygen atoms in total. The molecule has 1 atom stereocenters. The van der Waals surface area contributed by atoms with Crippen LogP contribution in [0.25, 0.3) is 0 Å². The van der Waals surface area contributed by atoms with Crippen molar-refractivity contribution >= 4 is 11.8 Å². The Morgan fingerprint density at radius 1 is 1.22 bits per heavy atom. The van der Waals surface area contributed by atoms with Gasteiger partial charge in [0.1, 0.15) is 0 Å². The van der Waals surface area contributed by atoms with Crippen molar-refractivity contribution < 1.29 is 23.5 Å². The molecule has 1 N–H and O–H groups in total. The van der Waals surface area contributed by atoms with Gasteiger partial charge in [-0.1, -0.05) is 13.8 Å². The fraction of sp³-hybridized carbons (Fsp3) is 0.385. The Balaban J connectivity index is 2.87. The standard InChI is InChI=1S/C13H14F2O3/c1-7(2)9(13(17)18)6-12(16)8-3-4-10(14)11(15)5-8/h3-5,7,9H,6H2,1-2H3,(H,17,18). The van der Waals surface area contributed by atoms with Crippen molar-refractivity contribution in [3.8, 4) is 0 Å². The quantitative estimate of drug-likeness (QED) is 0.824. The first kappa shape index (κ1) is 14.3. The molecule has 0 saturated heterocycles. The van der Waals surface area contributed by atoms with Gasteiger partial charge in [-0.3, -0.25) is 9.59 Å². The first-order valence-electron chi connectivity index (χ1n) is 5.54. The molecular formula is C13H14F2O3. The SMILES string of the molecule is CC(C)C(CC(=O)c1ccc(F)c(F)c1)C(=O)O. The van der Waals surface area contributed by atoms with E-state index in [-0.39, 0.29) is 17.9 Å². The van der Waals surface area contributed by atoms with Gasteiger partial charge >= 0.3 is 5.97 Å². The van der Waals surface area contributed by atoms with E-state index in [4.69, 9.17) is 5.11 Å². The number of rotatable bonds is 5. The van der Waals surface area contributed by atoms with Gasteiger partial charge in [0.15, 0.2) is 17.4 Å². The smallest absolute Gasteiger partial charge is 0.307 e. The van der Waals surface area contributed by atoms with Gasteiger partial charge in [0, 0.05) is 12.0 Å². The number of carboxylic acid groups (broad SMARTS) is 1. The van der Waals surface area contributed by atoms with Crippen molar-refractivity contribution in [3.63, 3.8) is 0 Å². The summed E-state index contributed by atoms with van der Waals surface area (Å²) in [6.45, 7) is 3.38. The van der Waals surface area contributed by atoms with Crippen LogP contribution in [0.1, 0.15) is 30.6 Å². The molecule has 0 saturated carbocycles. The average Bonchev–Trinajstić information content (AvgIpc) is 2.28. The molecule has 0 aliphatic heterocycles. The minimum atomic E-state index is -1.11. The molecule has 1 aromatic rings. The van der Waals surface area contributed by atoms with Crippen LogP contribution in [0.2, 0.25) is 0 Å². The highest BCUT2D eigenvalue weighted by Gasteiger charge is 2.25. The maximum Gasteiger partial charge on any atom is 0.307 e. The highest BCUT2D eigenvalue weighted by Crippen LogP contribution is 2.19. The normalized spacial score (nSPS) is 12.5. The molecule has 18 heavy (non-hydrogen) atoms. The van der Waals surface area contributed by atoms with Crippen LogP contribution in [-0.4, -0.2) is 16.9 Å². The van der Waals surface area contributed by atoms with E-state index in [9.17, 15) is 18.4 Å². The molecule has 0 spiro atoms. The molecule has 0 aromatic heterocycles. The molecule has 0 aliphatic rings. The highest BCUT2D eigenvalue weighted by molar-refractivity contribution is 5.98. The van der Waals surface area contributed by atoms with E-state index >= 15 is 0 Å². The second-order valence-corrected chi connectivity index (χ2v) is 4.44. The zero-order chi connectivity index (χ0) is 13.9. The number of carboxylic acids is 1. The van der Waals surface area contributed by atoms with Crippen LogP contribution in [0, 0.1) is 23.5 Å². The Labute approximate surface area is 103 Å². The van der Waals surface area contributed by atoms with Gasteiger partial charge in [-0.15, -0.1) is 0 Å². The molecule has 1 rings (SSSR count). The Kier molecular flexibility index (Phi) is 4.53. The number of ketones is 1. The molecule has 98 valence electrons. The third-order valence-electron chi connectivity index (χ3n) is 2.77. The summed E-state index contributed by atoms with van der Waals surface area (Å²) in [6, 6.07) is 2.80. The number of halogens is 2. The third-order valence-corrected chi connectivity index (χ3v) is 2.77. The molecule has 0 aliphatic carbocycles. The number of hydrogen-bond acceptors (Lipinski definition) is 2. The maximum absolute atomic E-state index is 13.0. The Bertz CT molecular complexity index is 469. The molecule has 0 amide bonds. The summed E-state index contributed by atoms with van der Waals surface area (Å²) in [4.78, 5) is 22.7. The molecule has 1 aromatic carbocycles. The molecule has 0 heterocycles. The van der Waals surface area contributed by atoms with Crippen LogP contribution in [0.15, 0.2) is 18.2 Å². The van der Waals surface area contributed by atoms with Crippen LogP contribution in [0.5, 0.6) is 0 Å². The zero-order valence-electron chi connectivity index (χ0n) is 10.1. The highest BCUT2D eigenvalue weighted by atomic mass is 19.2. The summed E-state index contributed by atoms with van der Waals surface area (Å²) in [5.41, 5.74) is -0.0131. The summed E-state index contributed by atoms with van der Waals surface area (Å²) >= 11 is 0. The number of carbonyl (C=O) groups is 2. The van der Waals surface area contributed by atoms with Gasteiger partial charge in [-0.2, -0.15) is 0 Å². The Morgan fingerprint density at radius 2 is 1.83 bits per heavy atom. The van der Waals surface area contributed by atoms with Gasteiger partial charge in [0.05, 0.1) is 5.92 Å². The first-order valence-corrected chi connectivity index (χ1v) is 5.54. The minimum absolute atomic E-state index is 0.0131. The third kappa shape index (κ3) is 3.35. The summed E-state index contributed by atoms with van der Waals surface area (Å²) in [6.07, 6.45) is -0.224. The summed E-state index contributed by atoms with van der Waals surface area (Å²) in [5.74, 6) is -4.76. The van der Waals surface area contributed by atoms with Crippen molar-refractivity contribution in [2.24, 2.45) is 11.8 Å². The fourth-order valence-electron chi connectivity index (χ4n) is 1.60. The van der Waals surface area contributed by atoms with Crippen molar-refractivity contribution in [3.05, 3.63) is 35.4 Å². The fourth-order valence-corrected chi connectivity index (χ4v) is 1.60. The van der Waals surface area contributed by atoms with E-state index in [1.165, 1.54) is 0 Å². The van der Waals surface area contributed by atoms with E-state index in [1.54, 1.807) is 13.8 Å². The lowest BCUT2D eigenvalue weighted by atomic mass is 9.89. The average molecular weight is 256 g/mol. The predicted molar refractivity (Wildman–Crippen MR) is 61.3 cm³/mol. The van der Waals surface area contributed by atoms with Gasteiger partial charge in [-0.05, 0) is 24.1 Å². The number of hydrogen-bond donors (Lipinski definition) is 1. The second-order valence-electron chi connectivity index (χ2n) is 4.44. The number of Topliss-reactive ketones (excluding diaryl/α,β-unsaturated/α-hetero) is 1. The van der Waals surface area contributed by atoms with E-state index < -0.39 is 29.3 Å². The summed E-state index contributed by atoms with van der Waals surface area (Å²) < 4.78 is 25.7. The van der Waals surface area contributed by atoms with Gasteiger partial charge in [0.25, 0.3) is 0 Å². The molecule has 5 heteroatoms. The van der Waals surface area contributed by atoms with Gasteiger partial charge in [0.2, 0.25) is 0 Å². The van der Waals surface area contributed by atoms with Crippen LogP contribution in [0.4, 0.5) is 8.78 Å². The van der Waals surface area contributed by atoms with Gasteiger partial charge in [-0.25, -0.2) is 8.78 Å². The summed E-state index contributed by atoms with van der Waals surface area (Å²) in [5, 5.41) is 8.95. The molecule has 1 unspecified atom stereocenters. The van der Waals surface area contributed by atoms with Crippen molar-refractivity contribution in [1.29, 1.82) is 0 Å².